The van der Waals surface area contributed by atoms with E-state index < -0.39 is 35.4 Å². The maximum Gasteiger partial charge on any atom is 0.253 e. The quantitative estimate of drug-likeness (QED) is 0.235. The predicted molar refractivity (Wildman–Crippen MR) is 133 cm³/mol. The first-order valence-electron chi connectivity index (χ1n) is 12.7. The van der Waals surface area contributed by atoms with Crippen molar-refractivity contribution in [1.82, 2.24) is 14.7 Å². The molecule has 39 heavy (non-hydrogen) atoms. The summed E-state index contributed by atoms with van der Waals surface area (Å²) in [6.07, 6.45) is 7.44. The highest BCUT2D eigenvalue weighted by atomic mass is 16.2. The zero-order valence-corrected chi connectivity index (χ0v) is 21.3. The summed E-state index contributed by atoms with van der Waals surface area (Å²) in [5, 5.41) is 0. The molecule has 3 heterocycles. The summed E-state index contributed by atoms with van der Waals surface area (Å²) in [7, 11) is 0. The van der Waals surface area contributed by atoms with Crippen LogP contribution < -0.4 is 0 Å². The van der Waals surface area contributed by atoms with Gasteiger partial charge in [0, 0.05) is 94.6 Å². The molecule has 0 bridgehead atoms. The number of hydrogen-bond acceptors (Lipinski definition) is 9. The fourth-order valence-electron chi connectivity index (χ4n) is 4.42. The maximum absolute atomic E-state index is 12.6. The minimum Gasteiger partial charge on any atom is -0.300 e. The van der Waals surface area contributed by atoms with Gasteiger partial charge in [0.25, 0.3) is 35.4 Å². The monoisotopic (exact) mass is 539 g/mol. The van der Waals surface area contributed by atoms with E-state index in [0.717, 1.165) is 51.2 Å². The molecule has 0 saturated heterocycles. The summed E-state index contributed by atoms with van der Waals surface area (Å²) in [4.78, 5) is 110. The summed E-state index contributed by atoms with van der Waals surface area (Å²) >= 11 is 0. The van der Waals surface area contributed by atoms with Crippen LogP contribution in [0, 0.1) is 5.92 Å². The number of carbonyl (C=O) groups is 9. The van der Waals surface area contributed by atoms with Crippen LogP contribution in [0.15, 0.2) is 36.5 Å². The minimum atomic E-state index is -0.490. The van der Waals surface area contributed by atoms with Gasteiger partial charge in [-0.15, -0.1) is 0 Å². The molecule has 0 fully saturated rings. The van der Waals surface area contributed by atoms with Crippen LogP contribution in [0.2, 0.25) is 0 Å². The lowest BCUT2D eigenvalue weighted by Gasteiger charge is -2.18. The molecule has 0 aromatic rings. The first-order valence-corrected chi connectivity index (χ1v) is 12.7. The van der Waals surface area contributed by atoms with E-state index in [4.69, 9.17) is 0 Å². The summed E-state index contributed by atoms with van der Waals surface area (Å²) in [5.74, 6) is -3.88. The molecular weight excluding hydrogens is 510 g/mol. The van der Waals surface area contributed by atoms with Gasteiger partial charge < -0.3 is 0 Å². The Labute approximate surface area is 224 Å². The lowest BCUT2D eigenvalue weighted by atomic mass is 9.89. The normalized spacial score (nSPS) is 16.7. The van der Waals surface area contributed by atoms with Crippen LogP contribution in [0.5, 0.6) is 0 Å². The minimum absolute atomic E-state index is 0.0309. The van der Waals surface area contributed by atoms with Gasteiger partial charge in [0.05, 0.1) is 0 Å². The van der Waals surface area contributed by atoms with E-state index in [-0.39, 0.29) is 94.3 Å². The van der Waals surface area contributed by atoms with E-state index in [1.807, 2.05) is 0 Å². The first kappa shape index (κ1) is 29.2. The molecule has 12 heteroatoms. The van der Waals surface area contributed by atoms with Crippen molar-refractivity contribution in [2.24, 2.45) is 5.92 Å². The molecule has 3 rings (SSSR count). The van der Waals surface area contributed by atoms with E-state index in [1.54, 1.807) is 0 Å². The van der Waals surface area contributed by atoms with Crippen LogP contribution in [-0.2, 0) is 43.2 Å². The van der Waals surface area contributed by atoms with Gasteiger partial charge in [0.15, 0.2) is 0 Å². The van der Waals surface area contributed by atoms with Crippen molar-refractivity contribution in [3.63, 3.8) is 0 Å². The van der Waals surface area contributed by atoms with Gasteiger partial charge in [0.2, 0.25) is 0 Å². The van der Waals surface area contributed by atoms with Crippen molar-refractivity contribution in [2.45, 2.75) is 51.4 Å². The fourth-order valence-corrected chi connectivity index (χ4v) is 4.42. The third-order valence-electron chi connectivity index (χ3n) is 6.72. The largest absolute Gasteiger partial charge is 0.300 e. The van der Waals surface area contributed by atoms with E-state index >= 15 is 0 Å². The topological polar surface area (TPSA) is 163 Å². The molecule has 3 aliphatic heterocycles. The third-order valence-corrected chi connectivity index (χ3v) is 6.72. The Morgan fingerprint density at radius 3 is 1.05 bits per heavy atom. The van der Waals surface area contributed by atoms with Crippen LogP contribution >= 0.6 is 0 Å². The summed E-state index contributed by atoms with van der Waals surface area (Å²) < 4.78 is 0. The Morgan fingerprint density at radius 1 is 0.462 bits per heavy atom. The molecule has 0 unspecified atom stereocenters. The average Bonchev–Trinajstić information content (AvgIpc) is 3.52. The Balaban J connectivity index is 1.48. The third kappa shape index (κ3) is 8.32. The molecular formula is C27H29N3O9. The number of nitrogens with zero attached hydrogens (tertiary/aromatic N) is 3. The molecule has 12 nitrogen and oxygen atoms in total. The van der Waals surface area contributed by atoms with Crippen molar-refractivity contribution in [1.29, 1.82) is 0 Å². The molecule has 3 aliphatic rings. The molecule has 6 amide bonds. The Hall–Kier alpha value is -4.35. The molecule has 0 aliphatic carbocycles. The highest BCUT2D eigenvalue weighted by Gasteiger charge is 2.27. The average molecular weight is 540 g/mol. The SMILES string of the molecule is O=C(CCC(CCC(=O)CCN1C(=O)C=CC1=O)CC(=O)CCN1C(=O)C=CC1=O)CCN1C(=O)C=CC1=O. The van der Waals surface area contributed by atoms with Gasteiger partial charge in [-0.05, 0) is 18.8 Å². The highest BCUT2D eigenvalue weighted by molar-refractivity contribution is 6.14. The second kappa shape index (κ2) is 13.4. The van der Waals surface area contributed by atoms with Gasteiger partial charge in [-0.25, -0.2) is 0 Å². The molecule has 0 spiro atoms. The van der Waals surface area contributed by atoms with E-state index in [2.05, 4.69) is 0 Å². The van der Waals surface area contributed by atoms with Crippen molar-refractivity contribution in [3.8, 4) is 0 Å². The molecule has 0 saturated carbocycles. The molecule has 0 aromatic carbocycles. The van der Waals surface area contributed by atoms with Crippen LogP contribution in [0.25, 0.3) is 0 Å². The molecule has 206 valence electrons. The predicted octanol–water partition coefficient (Wildman–Crippen LogP) is 0.206. The number of hydrogen-bond donors (Lipinski definition) is 0. The second-order valence-corrected chi connectivity index (χ2v) is 9.50. The van der Waals surface area contributed by atoms with Crippen LogP contribution in [0.4, 0.5) is 0 Å². The standard InChI is InChI=1S/C27H29N3O9/c31-19(11-14-28-22(34)5-6-23(28)35)3-1-18(17-21(33)13-16-30-26(38)9-10-27(30)39)2-4-20(32)12-15-29-24(36)7-8-25(29)37/h5-10,18H,1-4,11-17H2. The van der Waals surface area contributed by atoms with Gasteiger partial charge in [0.1, 0.15) is 17.3 Å². The van der Waals surface area contributed by atoms with Crippen LogP contribution in [0.1, 0.15) is 51.4 Å². The zero-order valence-electron chi connectivity index (χ0n) is 21.3. The lowest BCUT2D eigenvalue weighted by molar-refractivity contribution is -0.139. The van der Waals surface area contributed by atoms with E-state index in [9.17, 15) is 43.2 Å². The number of ketones is 3. The molecule has 0 radical (unpaired) electrons. The van der Waals surface area contributed by atoms with Crippen molar-refractivity contribution < 1.29 is 43.2 Å². The number of amides is 6. The van der Waals surface area contributed by atoms with Crippen molar-refractivity contribution in [2.75, 3.05) is 19.6 Å². The molecule has 0 atom stereocenters. The summed E-state index contributed by atoms with van der Waals surface area (Å²) in [6, 6.07) is 0. The summed E-state index contributed by atoms with van der Waals surface area (Å²) in [5.41, 5.74) is 0. The Bertz CT molecular complexity index is 1080. The van der Waals surface area contributed by atoms with E-state index in [0.29, 0.717) is 0 Å². The Kier molecular flexibility index (Phi) is 10.1. The number of Topliss-reactive ketones (excluding diaryl/α,β-unsaturated/α-hetero) is 3. The zero-order chi connectivity index (χ0) is 28.5. The smallest absolute Gasteiger partial charge is 0.253 e. The Morgan fingerprint density at radius 2 is 0.744 bits per heavy atom. The van der Waals surface area contributed by atoms with Crippen LogP contribution in [0.3, 0.4) is 0 Å². The highest BCUT2D eigenvalue weighted by Crippen LogP contribution is 2.21. The van der Waals surface area contributed by atoms with Crippen molar-refractivity contribution >= 4 is 52.8 Å². The van der Waals surface area contributed by atoms with Crippen molar-refractivity contribution in [3.05, 3.63) is 36.5 Å². The maximum atomic E-state index is 12.6. The number of carbonyl (C=O) groups excluding carboxylic acids is 9. The van der Waals surface area contributed by atoms with Crippen LogP contribution in [-0.4, -0.2) is 87.1 Å². The number of rotatable bonds is 17. The fraction of sp³-hybridized carbons (Fsp3) is 0.444. The second-order valence-electron chi connectivity index (χ2n) is 9.50. The van der Waals surface area contributed by atoms with Gasteiger partial charge in [-0.3, -0.25) is 57.9 Å². The lowest BCUT2D eigenvalue weighted by Crippen LogP contribution is -2.32. The number of imide groups is 3. The van der Waals surface area contributed by atoms with Gasteiger partial charge in [-0.1, -0.05) is 0 Å². The van der Waals surface area contributed by atoms with Gasteiger partial charge in [-0.2, -0.15) is 0 Å². The molecule has 0 N–H and O–H groups in total. The van der Waals surface area contributed by atoms with E-state index in [1.165, 1.54) is 0 Å². The first-order chi connectivity index (χ1) is 18.5. The summed E-state index contributed by atoms with van der Waals surface area (Å²) in [6.45, 7) is -0.146. The van der Waals surface area contributed by atoms with Gasteiger partial charge >= 0.3 is 0 Å². The molecule has 0 aromatic heterocycles.